The number of para-hydroxylation sites is 2. The first kappa shape index (κ1) is 15.4. The Hall–Kier alpha value is -2.53. The number of nitrogens with zero attached hydrogens (tertiary/aromatic N) is 1. The standard InChI is InChI=1S/C18H20N2O3/c1-14-6-7-15(23-14)8-9-18(21)19-16-4-2-3-5-17(16)20-10-12-22-13-11-20/h2-9H,10-13H2,1H3,(H,19,21). The van der Waals surface area contributed by atoms with Crippen LogP contribution in [0.3, 0.4) is 0 Å². The van der Waals surface area contributed by atoms with Crippen LogP contribution in [0.25, 0.3) is 6.08 Å². The Balaban J connectivity index is 1.69. The Labute approximate surface area is 135 Å². The quantitative estimate of drug-likeness (QED) is 0.882. The fraction of sp³-hybridized carbons (Fsp3) is 0.278. The molecule has 3 rings (SSSR count). The van der Waals surface area contributed by atoms with E-state index in [1.807, 2.05) is 43.3 Å². The molecule has 0 atom stereocenters. The fourth-order valence-electron chi connectivity index (χ4n) is 2.53. The zero-order chi connectivity index (χ0) is 16.1. The molecule has 0 spiro atoms. The Morgan fingerprint density at radius 1 is 1.17 bits per heavy atom. The third kappa shape index (κ3) is 4.02. The molecule has 0 radical (unpaired) electrons. The van der Waals surface area contributed by atoms with Crippen LogP contribution in [0.4, 0.5) is 11.4 Å². The van der Waals surface area contributed by atoms with Crippen LogP contribution in [0, 0.1) is 6.92 Å². The van der Waals surface area contributed by atoms with E-state index in [1.54, 1.807) is 6.08 Å². The molecule has 120 valence electrons. The van der Waals surface area contributed by atoms with Crippen LogP contribution < -0.4 is 10.2 Å². The van der Waals surface area contributed by atoms with E-state index in [4.69, 9.17) is 9.15 Å². The molecule has 5 nitrogen and oxygen atoms in total. The first-order valence-electron chi connectivity index (χ1n) is 7.69. The molecule has 1 aliphatic heterocycles. The van der Waals surface area contributed by atoms with Crippen LogP contribution in [0.1, 0.15) is 11.5 Å². The normalized spacial score (nSPS) is 15.1. The summed E-state index contributed by atoms with van der Waals surface area (Å²) in [6, 6.07) is 11.5. The lowest BCUT2D eigenvalue weighted by atomic mass is 10.2. The number of carbonyl (C=O) groups excluding carboxylic acids is 1. The number of anilines is 2. The summed E-state index contributed by atoms with van der Waals surface area (Å²) >= 11 is 0. The molecule has 0 bridgehead atoms. The first-order chi connectivity index (χ1) is 11.2. The van der Waals surface area contributed by atoms with Gasteiger partial charge >= 0.3 is 0 Å². The van der Waals surface area contributed by atoms with E-state index >= 15 is 0 Å². The molecule has 23 heavy (non-hydrogen) atoms. The highest BCUT2D eigenvalue weighted by molar-refractivity contribution is 6.03. The minimum atomic E-state index is -0.181. The maximum absolute atomic E-state index is 12.1. The van der Waals surface area contributed by atoms with E-state index in [2.05, 4.69) is 10.2 Å². The number of carbonyl (C=O) groups is 1. The average molecular weight is 312 g/mol. The second-order valence-corrected chi connectivity index (χ2v) is 5.39. The van der Waals surface area contributed by atoms with Crippen LogP contribution in [-0.2, 0) is 9.53 Å². The highest BCUT2D eigenvalue weighted by Crippen LogP contribution is 2.26. The van der Waals surface area contributed by atoms with Crippen molar-refractivity contribution in [3.05, 3.63) is 54.0 Å². The fourth-order valence-corrected chi connectivity index (χ4v) is 2.53. The molecule has 1 N–H and O–H groups in total. The molecule has 0 aliphatic carbocycles. The smallest absolute Gasteiger partial charge is 0.248 e. The number of morpholine rings is 1. The van der Waals surface area contributed by atoms with Crippen LogP contribution in [0.5, 0.6) is 0 Å². The molecule has 1 fully saturated rings. The van der Waals surface area contributed by atoms with Crippen LogP contribution >= 0.6 is 0 Å². The molecular weight excluding hydrogens is 292 g/mol. The van der Waals surface area contributed by atoms with E-state index in [0.717, 1.165) is 30.2 Å². The van der Waals surface area contributed by atoms with Crippen molar-refractivity contribution in [1.29, 1.82) is 0 Å². The maximum Gasteiger partial charge on any atom is 0.248 e. The Bertz CT molecular complexity index is 700. The number of ether oxygens (including phenoxy) is 1. The van der Waals surface area contributed by atoms with Gasteiger partial charge in [0.25, 0.3) is 0 Å². The summed E-state index contributed by atoms with van der Waals surface area (Å²) in [5.74, 6) is 1.31. The lowest BCUT2D eigenvalue weighted by Crippen LogP contribution is -2.36. The number of nitrogens with one attached hydrogen (secondary N) is 1. The van der Waals surface area contributed by atoms with E-state index in [1.165, 1.54) is 6.08 Å². The third-order valence-corrected chi connectivity index (χ3v) is 3.67. The van der Waals surface area contributed by atoms with Gasteiger partial charge in [-0.25, -0.2) is 0 Å². The van der Waals surface area contributed by atoms with Gasteiger partial charge in [0.05, 0.1) is 24.6 Å². The van der Waals surface area contributed by atoms with Gasteiger partial charge in [-0.05, 0) is 37.3 Å². The first-order valence-corrected chi connectivity index (χ1v) is 7.69. The summed E-state index contributed by atoms with van der Waals surface area (Å²) in [5, 5.41) is 2.93. The molecule has 1 aromatic heterocycles. The summed E-state index contributed by atoms with van der Waals surface area (Å²) in [4.78, 5) is 14.4. The molecule has 2 heterocycles. The van der Waals surface area contributed by atoms with Crippen molar-refractivity contribution >= 4 is 23.4 Å². The molecule has 5 heteroatoms. The summed E-state index contributed by atoms with van der Waals surface area (Å²) in [6.07, 6.45) is 3.15. The van der Waals surface area contributed by atoms with Crippen molar-refractivity contribution in [3.63, 3.8) is 0 Å². The highest BCUT2D eigenvalue weighted by Gasteiger charge is 2.15. The van der Waals surface area contributed by atoms with Crippen molar-refractivity contribution in [2.45, 2.75) is 6.92 Å². The lowest BCUT2D eigenvalue weighted by Gasteiger charge is -2.30. The van der Waals surface area contributed by atoms with E-state index < -0.39 is 0 Å². The van der Waals surface area contributed by atoms with Crippen LogP contribution in [-0.4, -0.2) is 32.2 Å². The monoisotopic (exact) mass is 312 g/mol. The number of hydrogen-bond donors (Lipinski definition) is 1. The van der Waals surface area contributed by atoms with Gasteiger partial charge in [0.1, 0.15) is 11.5 Å². The Kier molecular flexibility index (Phi) is 4.78. The van der Waals surface area contributed by atoms with Gasteiger partial charge in [-0.3, -0.25) is 4.79 Å². The summed E-state index contributed by atoms with van der Waals surface area (Å²) < 4.78 is 10.8. The molecule has 2 aromatic rings. The Morgan fingerprint density at radius 2 is 1.96 bits per heavy atom. The molecule has 1 saturated heterocycles. The number of furan rings is 1. The van der Waals surface area contributed by atoms with Gasteiger partial charge in [0.15, 0.2) is 0 Å². The number of amides is 1. The minimum absolute atomic E-state index is 0.181. The predicted molar refractivity (Wildman–Crippen MR) is 90.6 cm³/mol. The zero-order valence-corrected chi connectivity index (χ0v) is 13.1. The molecule has 1 aliphatic rings. The van der Waals surface area contributed by atoms with Crippen molar-refractivity contribution < 1.29 is 13.9 Å². The topological polar surface area (TPSA) is 54.7 Å². The molecule has 0 saturated carbocycles. The van der Waals surface area contributed by atoms with E-state index in [9.17, 15) is 4.79 Å². The number of benzene rings is 1. The summed E-state index contributed by atoms with van der Waals surface area (Å²) in [5.41, 5.74) is 1.83. The highest BCUT2D eigenvalue weighted by atomic mass is 16.5. The summed E-state index contributed by atoms with van der Waals surface area (Å²) in [7, 11) is 0. The van der Waals surface area contributed by atoms with Crippen LogP contribution in [0.15, 0.2) is 46.9 Å². The molecular formula is C18H20N2O3. The second-order valence-electron chi connectivity index (χ2n) is 5.39. The van der Waals surface area contributed by atoms with Gasteiger partial charge in [0, 0.05) is 19.2 Å². The van der Waals surface area contributed by atoms with E-state index in [0.29, 0.717) is 19.0 Å². The second kappa shape index (κ2) is 7.15. The minimum Gasteiger partial charge on any atom is -0.462 e. The van der Waals surface area contributed by atoms with E-state index in [-0.39, 0.29) is 5.91 Å². The van der Waals surface area contributed by atoms with Crippen LogP contribution in [0.2, 0.25) is 0 Å². The van der Waals surface area contributed by atoms with Gasteiger partial charge in [0.2, 0.25) is 5.91 Å². The van der Waals surface area contributed by atoms with Gasteiger partial charge < -0.3 is 19.4 Å². The van der Waals surface area contributed by atoms with Crippen molar-refractivity contribution in [2.75, 3.05) is 36.5 Å². The van der Waals surface area contributed by atoms with Gasteiger partial charge in [-0.15, -0.1) is 0 Å². The largest absolute Gasteiger partial charge is 0.462 e. The maximum atomic E-state index is 12.1. The van der Waals surface area contributed by atoms with Crippen molar-refractivity contribution in [1.82, 2.24) is 0 Å². The molecule has 0 unspecified atom stereocenters. The Morgan fingerprint density at radius 3 is 2.70 bits per heavy atom. The number of hydrogen-bond acceptors (Lipinski definition) is 4. The van der Waals surface area contributed by atoms with Gasteiger partial charge in [-0.1, -0.05) is 12.1 Å². The zero-order valence-electron chi connectivity index (χ0n) is 13.1. The van der Waals surface area contributed by atoms with Crippen molar-refractivity contribution in [2.24, 2.45) is 0 Å². The number of aryl methyl sites for hydroxylation is 1. The number of rotatable bonds is 4. The van der Waals surface area contributed by atoms with Crippen molar-refractivity contribution in [3.8, 4) is 0 Å². The third-order valence-electron chi connectivity index (χ3n) is 3.67. The predicted octanol–water partition coefficient (Wildman–Crippen LogP) is 3.08. The average Bonchev–Trinajstić information content (AvgIpc) is 3.00. The lowest BCUT2D eigenvalue weighted by molar-refractivity contribution is -0.111. The summed E-state index contributed by atoms with van der Waals surface area (Å²) in [6.45, 7) is 4.94. The molecule has 1 amide bonds. The van der Waals surface area contributed by atoms with Gasteiger partial charge in [-0.2, -0.15) is 0 Å². The SMILES string of the molecule is Cc1ccc(C=CC(=O)Nc2ccccc2N2CCOCC2)o1. The molecule has 1 aromatic carbocycles.